The van der Waals surface area contributed by atoms with Gasteiger partial charge in [0.1, 0.15) is 5.60 Å². The molecule has 1 aliphatic heterocycles. The van der Waals surface area contributed by atoms with Gasteiger partial charge in [-0.05, 0) is 74.4 Å². The molecule has 0 aromatic heterocycles. The number of hydrogen-bond donors (Lipinski definition) is 1. The molecule has 0 aliphatic carbocycles. The molecule has 1 aliphatic rings. The second-order valence-electron chi connectivity index (χ2n) is 9.56. The fraction of sp³-hybridized carbons (Fsp3) is 0.650. The molecular weight excluding hydrogens is 393 g/mol. The molecule has 0 bridgehead atoms. The third kappa shape index (κ3) is 5.13. The zero-order valence-corrected chi connectivity index (χ0v) is 19.6. The molecule has 0 atom stereocenters. The van der Waals surface area contributed by atoms with Gasteiger partial charge >= 0.3 is 13.2 Å². The maximum Gasteiger partial charge on any atom is 0.496 e. The summed E-state index contributed by atoms with van der Waals surface area (Å²) in [5.74, 6) is 0. The van der Waals surface area contributed by atoms with Gasteiger partial charge in [0.15, 0.2) is 9.84 Å². The monoisotopic (exact) mass is 425 g/mol. The number of anilines is 1. The lowest BCUT2D eigenvalue weighted by atomic mass is 9.79. The predicted molar refractivity (Wildman–Crippen MR) is 114 cm³/mol. The largest absolute Gasteiger partial charge is 0.496 e. The van der Waals surface area contributed by atoms with Gasteiger partial charge in [-0.15, -0.1) is 0 Å². The van der Waals surface area contributed by atoms with E-state index < -0.39 is 45.1 Å². The summed E-state index contributed by atoms with van der Waals surface area (Å²) in [6, 6.07) is 4.66. The zero-order chi connectivity index (χ0) is 22.4. The summed E-state index contributed by atoms with van der Waals surface area (Å²) in [6.45, 7) is 16.1. The highest BCUT2D eigenvalue weighted by molar-refractivity contribution is 7.92. The molecule has 1 N–H and O–H groups in total. The van der Waals surface area contributed by atoms with E-state index in [-0.39, 0.29) is 4.90 Å². The molecule has 0 radical (unpaired) electrons. The minimum Gasteiger partial charge on any atom is -0.444 e. The van der Waals surface area contributed by atoms with Gasteiger partial charge in [0.25, 0.3) is 0 Å². The van der Waals surface area contributed by atoms with E-state index in [1.54, 1.807) is 46.8 Å². The van der Waals surface area contributed by atoms with Crippen molar-refractivity contribution in [3.8, 4) is 0 Å². The highest BCUT2D eigenvalue weighted by Gasteiger charge is 2.52. The van der Waals surface area contributed by atoms with E-state index in [1.807, 2.05) is 27.7 Å². The fourth-order valence-corrected chi connectivity index (χ4v) is 3.99. The lowest BCUT2D eigenvalue weighted by Crippen LogP contribution is -2.41. The molecule has 162 valence electrons. The van der Waals surface area contributed by atoms with Crippen molar-refractivity contribution in [3.63, 3.8) is 0 Å². The van der Waals surface area contributed by atoms with Crippen LogP contribution in [-0.2, 0) is 23.9 Å². The van der Waals surface area contributed by atoms with Gasteiger partial charge in [0.05, 0.1) is 21.3 Å². The van der Waals surface area contributed by atoms with E-state index in [0.29, 0.717) is 11.2 Å². The van der Waals surface area contributed by atoms with E-state index >= 15 is 0 Å². The van der Waals surface area contributed by atoms with Crippen LogP contribution in [0.1, 0.15) is 62.3 Å². The summed E-state index contributed by atoms with van der Waals surface area (Å²) in [5, 5.41) is 1.94. The van der Waals surface area contributed by atoms with Crippen LogP contribution in [-0.4, -0.2) is 43.7 Å². The second kappa shape index (κ2) is 7.59. The lowest BCUT2D eigenvalue weighted by Gasteiger charge is -2.32. The Morgan fingerprint density at radius 2 is 1.62 bits per heavy atom. The molecule has 1 aromatic rings. The molecule has 0 spiro atoms. The first kappa shape index (κ1) is 23.7. The van der Waals surface area contributed by atoms with Crippen LogP contribution in [0.5, 0.6) is 0 Å². The van der Waals surface area contributed by atoms with Crippen LogP contribution >= 0.6 is 0 Å². The van der Waals surface area contributed by atoms with Crippen molar-refractivity contribution in [2.75, 3.05) is 5.32 Å². The van der Waals surface area contributed by atoms with Gasteiger partial charge in [-0.25, -0.2) is 13.2 Å². The first-order chi connectivity index (χ1) is 13.0. The van der Waals surface area contributed by atoms with Crippen molar-refractivity contribution in [2.24, 2.45) is 0 Å². The Balaban J connectivity index is 2.47. The Bertz CT molecular complexity index is 871. The summed E-state index contributed by atoms with van der Waals surface area (Å²) < 4.78 is 43.4. The number of amides is 1. The van der Waals surface area contributed by atoms with Crippen molar-refractivity contribution >= 4 is 34.2 Å². The number of benzene rings is 1. The van der Waals surface area contributed by atoms with Crippen molar-refractivity contribution in [1.29, 1.82) is 0 Å². The first-order valence-corrected chi connectivity index (χ1v) is 11.2. The van der Waals surface area contributed by atoms with Gasteiger partial charge in [-0.1, -0.05) is 6.07 Å². The number of nitrogens with one attached hydrogen (secondary N) is 1. The van der Waals surface area contributed by atoms with E-state index in [2.05, 4.69) is 5.32 Å². The Morgan fingerprint density at radius 3 is 2.07 bits per heavy atom. The molecule has 1 fully saturated rings. The van der Waals surface area contributed by atoms with E-state index in [9.17, 15) is 13.2 Å². The fourth-order valence-electron chi connectivity index (χ4n) is 2.70. The van der Waals surface area contributed by atoms with Gasteiger partial charge in [0.2, 0.25) is 0 Å². The van der Waals surface area contributed by atoms with Crippen molar-refractivity contribution in [3.05, 3.63) is 18.2 Å². The lowest BCUT2D eigenvalue weighted by molar-refractivity contribution is 0.00578. The Labute approximate surface area is 174 Å². The number of rotatable bonds is 4. The van der Waals surface area contributed by atoms with Crippen LogP contribution in [0.4, 0.5) is 10.5 Å². The zero-order valence-electron chi connectivity index (χ0n) is 18.7. The summed E-state index contributed by atoms with van der Waals surface area (Å²) in [7, 11) is -4.50. The highest BCUT2D eigenvalue weighted by atomic mass is 32.2. The minimum atomic E-state index is -3.67. The number of carbonyl (C=O) groups excluding carboxylic acids is 1. The van der Waals surface area contributed by atoms with Crippen LogP contribution in [0, 0.1) is 0 Å². The average molecular weight is 425 g/mol. The Hall–Kier alpha value is -1.58. The minimum absolute atomic E-state index is 0.0690. The second-order valence-corrected chi connectivity index (χ2v) is 12.0. The van der Waals surface area contributed by atoms with Gasteiger partial charge in [-0.2, -0.15) is 0 Å². The van der Waals surface area contributed by atoms with Crippen LogP contribution in [0.25, 0.3) is 0 Å². The summed E-state index contributed by atoms with van der Waals surface area (Å²) in [5.41, 5.74) is -1.15. The van der Waals surface area contributed by atoms with E-state index in [0.717, 1.165) is 0 Å². The van der Waals surface area contributed by atoms with Gasteiger partial charge < -0.3 is 14.0 Å². The van der Waals surface area contributed by atoms with Crippen molar-refractivity contribution < 1.29 is 27.3 Å². The first-order valence-electron chi connectivity index (χ1n) is 9.70. The SMILES string of the molecule is CC(C)S(=O)(=O)c1cc(NC(=O)OC(C)(C)C)ccc1B1OC(C)(C)C(C)(C)O1. The molecule has 1 aromatic carbocycles. The quantitative estimate of drug-likeness (QED) is 0.743. The normalized spacial score (nSPS) is 18.8. The molecule has 0 unspecified atom stereocenters. The van der Waals surface area contributed by atoms with E-state index in [4.69, 9.17) is 14.0 Å². The summed E-state index contributed by atoms with van der Waals surface area (Å²) in [4.78, 5) is 12.2. The highest BCUT2D eigenvalue weighted by Crippen LogP contribution is 2.37. The smallest absolute Gasteiger partial charge is 0.444 e. The predicted octanol–water partition coefficient (Wildman–Crippen LogP) is 3.51. The van der Waals surface area contributed by atoms with Gasteiger partial charge in [-0.3, -0.25) is 5.32 Å². The maximum atomic E-state index is 13.0. The average Bonchev–Trinajstić information content (AvgIpc) is 2.73. The standard InChI is InChI=1S/C20H32BNO6S/c1-13(2)29(24,25)16-12-14(22-17(23)26-18(3,4)5)10-11-15(16)21-27-19(6,7)20(8,9)28-21/h10-13H,1-9H3,(H,22,23). The van der Waals surface area contributed by atoms with Crippen LogP contribution in [0.15, 0.2) is 23.1 Å². The van der Waals surface area contributed by atoms with Crippen LogP contribution in [0.3, 0.4) is 0 Å². The summed E-state index contributed by atoms with van der Waals surface area (Å²) in [6.07, 6.45) is -0.659. The molecule has 7 nitrogen and oxygen atoms in total. The topological polar surface area (TPSA) is 90.9 Å². The number of sulfone groups is 1. The van der Waals surface area contributed by atoms with Crippen molar-refractivity contribution in [1.82, 2.24) is 0 Å². The Morgan fingerprint density at radius 1 is 1.10 bits per heavy atom. The molecular formula is C20H32BNO6S. The molecule has 2 rings (SSSR count). The molecule has 9 heteroatoms. The maximum absolute atomic E-state index is 13.0. The van der Waals surface area contributed by atoms with Crippen molar-refractivity contribution in [2.45, 2.75) is 89.3 Å². The van der Waals surface area contributed by atoms with E-state index in [1.165, 1.54) is 6.07 Å². The van der Waals surface area contributed by atoms with Gasteiger partial charge in [0, 0.05) is 11.2 Å². The number of ether oxygens (including phenoxy) is 1. The number of carbonyl (C=O) groups is 1. The third-order valence-electron chi connectivity index (χ3n) is 5.09. The Kier molecular flexibility index (Phi) is 6.21. The van der Waals surface area contributed by atoms with Crippen LogP contribution in [0.2, 0.25) is 0 Å². The van der Waals surface area contributed by atoms with Crippen LogP contribution < -0.4 is 10.8 Å². The molecule has 1 heterocycles. The molecule has 0 saturated carbocycles. The summed E-state index contributed by atoms with van der Waals surface area (Å²) >= 11 is 0. The third-order valence-corrected chi connectivity index (χ3v) is 7.30. The number of hydrogen-bond acceptors (Lipinski definition) is 6. The molecule has 1 saturated heterocycles. The molecule has 29 heavy (non-hydrogen) atoms. The molecule has 1 amide bonds.